The molecule has 0 atom stereocenters. The Balaban J connectivity index is 1.40. The van der Waals surface area contributed by atoms with Crippen molar-refractivity contribution in [1.82, 2.24) is 14.9 Å². The van der Waals surface area contributed by atoms with Gasteiger partial charge in [-0.15, -0.1) is 0 Å². The molecule has 2 aromatic heterocycles. The number of carbonyl (C=O) groups excluding carboxylic acids is 2. The Hall–Kier alpha value is -3.81. The first-order valence-electron chi connectivity index (χ1n) is 10.7. The van der Waals surface area contributed by atoms with Gasteiger partial charge in [-0.3, -0.25) is 14.5 Å². The average Bonchev–Trinajstić information content (AvgIpc) is 3.23. The normalized spacial score (nSPS) is 13.9. The van der Waals surface area contributed by atoms with Gasteiger partial charge in [0.25, 0.3) is 11.8 Å². The van der Waals surface area contributed by atoms with Gasteiger partial charge in [-0.05, 0) is 24.3 Å². The molecular formula is C22H24FN7O4S. The molecule has 11 nitrogen and oxygen atoms in total. The fourth-order valence-corrected chi connectivity index (χ4v) is 4.22. The van der Waals surface area contributed by atoms with Crippen LogP contribution in [0.2, 0.25) is 0 Å². The number of pyridine rings is 1. The molecule has 4 rings (SSSR count). The summed E-state index contributed by atoms with van der Waals surface area (Å²) >= 11 is 0.976. The second kappa shape index (κ2) is 11.1. The molecule has 1 aliphatic heterocycles. The second-order valence-corrected chi connectivity index (χ2v) is 8.56. The molecule has 6 N–H and O–H groups in total. The molecule has 3 heterocycles. The number of benzene rings is 1. The summed E-state index contributed by atoms with van der Waals surface area (Å²) in [5.41, 5.74) is 12.3. The van der Waals surface area contributed by atoms with Crippen molar-refractivity contribution in [2.45, 2.75) is 0 Å². The summed E-state index contributed by atoms with van der Waals surface area (Å²) < 4.78 is 24.4. The first-order chi connectivity index (χ1) is 16.9. The Kier molecular flexibility index (Phi) is 7.70. The molecule has 0 radical (unpaired) electrons. The molecule has 0 bridgehead atoms. The largest absolute Gasteiger partial charge is 0.490 e. The van der Waals surface area contributed by atoms with E-state index in [1.165, 1.54) is 18.3 Å². The van der Waals surface area contributed by atoms with E-state index in [-0.39, 0.29) is 21.4 Å². The van der Waals surface area contributed by atoms with Crippen LogP contribution in [0.5, 0.6) is 5.75 Å². The quantitative estimate of drug-likeness (QED) is 0.254. The number of amides is 2. The van der Waals surface area contributed by atoms with Crippen LogP contribution in [0.15, 0.2) is 36.5 Å². The van der Waals surface area contributed by atoms with Crippen molar-refractivity contribution >= 4 is 44.7 Å². The molecular weight excluding hydrogens is 477 g/mol. The zero-order valence-corrected chi connectivity index (χ0v) is 19.4. The van der Waals surface area contributed by atoms with Crippen molar-refractivity contribution in [1.29, 1.82) is 0 Å². The lowest BCUT2D eigenvalue weighted by molar-refractivity contribution is 0.0323. The molecule has 1 fully saturated rings. The van der Waals surface area contributed by atoms with E-state index in [1.807, 2.05) is 0 Å². The summed E-state index contributed by atoms with van der Waals surface area (Å²) in [6.07, 6.45) is 1.28. The van der Waals surface area contributed by atoms with Crippen LogP contribution >= 0.6 is 11.3 Å². The van der Waals surface area contributed by atoms with E-state index < -0.39 is 17.8 Å². The molecule has 1 saturated heterocycles. The molecule has 1 aliphatic rings. The van der Waals surface area contributed by atoms with Gasteiger partial charge in [0, 0.05) is 43.1 Å². The number of nitrogens with two attached hydrogens (primary N) is 2. The monoisotopic (exact) mass is 501 g/mol. The maximum Gasteiger partial charge on any atom is 0.270 e. The average molecular weight is 502 g/mol. The Bertz CT molecular complexity index is 1220. The lowest BCUT2D eigenvalue weighted by atomic mass is 10.1. The predicted octanol–water partition coefficient (Wildman–Crippen LogP) is 2.07. The van der Waals surface area contributed by atoms with E-state index in [4.69, 9.17) is 20.9 Å². The number of thiazole rings is 1. The van der Waals surface area contributed by atoms with Gasteiger partial charge in [0.2, 0.25) is 5.95 Å². The standard InChI is InChI=1S/C22H24FN7O4S/c23-17-12-14(3-4-26-17)27-22-28-18(19(25)31)21(35-22)29-20(32)13-1-2-16(15(24)11-13)34-10-7-30-5-8-33-9-6-30/h1-4,11-12H,5-10,24H2,(H2,25,31)(H,29,32)(H,26,27,28). The second-order valence-electron chi connectivity index (χ2n) is 7.56. The number of carbonyl (C=O) groups is 2. The van der Waals surface area contributed by atoms with Gasteiger partial charge >= 0.3 is 0 Å². The number of morpholine rings is 1. The highest BCUT2D eigenvalue weighted by atomic mass is 32.1. The van der Waals surface area contributed by atoms with Crippen molar-refractivity contribution in [2.75, 3.05) is 55.8 Å². The Morgan fingerprint density at radius 2 is 2.03 bits per heavy atom. The molecule has 0 aliphatic carbocycles. The van der Waals surface area contributed by atoms with Crippen LogP contribution < -0.4 is 26.8 Å². The summed E-state index contributed by atoms with van der Waals surface area (Å²) in [4.78, 5) is 34.5. The molecule has 0 spiro atoms. The van der Waals surface area contributed by atoms with E-state index in [9.17, 15) is 14.0 Å². The van der Waals surface area contributed by atoms with Gasteiger partial charge in [-0.2, -0.15) is 4.39 Å². The Morgan fingerprint density at radius 1 is 1.23 bits per heavy atom. The van der Waals surface area contributed by atoms with Gasteiger partial charge < -0.3 is 31.6 Å². The summed E-state index contributed by atoms with van der Waals surface area (Å²) in [5, 5.41) is 5.87. The Morgan fingerprint density at radius 3 is 2.74 bits per heavy atom. The highest BCUT2D eigenvalue weighted by Crippen LogP contribution is 2.31. The number of rotatable bonds is 9. The molecule has 35 heavy (non-hydrogen) atoms. The third-order valence-corrected chi connectivity index (χ3v) is 5.99. The van der Waals surface area contributed by atoms with Gasteiger partial charge in [0.1, 0.15) is 17.4 Å². The van der Waals surface area contributed by atoms with Crippen LogP contribution in [0.25, 0.3) is 0 Å². The summed E-state index contributed by atoms with van der Waals surface area (Å²) in [6.45, 7) is 4.34. The molecule has 0 saturated carbocycles. The summed E-state index contributed by atoms with van der Waals surface area (Å²) in [6, 6.07) is 7.37. The molecule has 1 aromatic carbocycles. The van der Waals surface area contributed by atoms with Crippen LogP contribution in [0.3, 0.4) is 0 Å². The predicted molar refractivity (Wildman–Crippen MR) is 130 cm³/mol. The molecule has 2 amide bonds. The van der Waals surface area contributed by atoms with Gasteiger partial charge in [-0.1, -0.05) is 11.3 Å². The highest BCUT2D eigenvalue weighted by Gasteiger charge is 2.20. The number of nitrogens with zero attached hydrogens (tertiary/aromatic N) is 3. The van der Waals surface area contributed by atoms with E-state index in [2.05, 4.69) is 25.5 Å². The number of nitrogen functional groups attached to an aromatic ring is 1. The summed E-state index contributed by atoms with van der Waals surface area (Å²) in [7, 11) is 0. The highest BCUT2D eigenvalue weighted by molar-refractivity contribution is 7.20. The van der Waals surface area contributed by atoms with Gasteiger partial charge in [-0.25, -0.2) is 9.97 Å². The number of halogens is 1. The minimum atomic E-state index is -0.825. The minimum absolute atomic E-state index is 0.128. The zero-order valence-electron chi connectivity index (χ0n) is 18.6. The zero-order chi connectivity index (χ0) is 24.8. The number of nitrogens with one attached hydrogen (secondary N) is 2. The number of hydrogen-bond donors (Lipinski definition) is 4. The lowest BCUT2D eigenvalue weighted by Crippen LogP contribution is -2.38. The Labute approximate surface area is 204 Å². The number of ether oxygens (including phenoxy) is 2. The van der Waals surface area contributed by atoms with Crippen molar-refractivity contribution < 1.29 is 23.5 Å². The first-order valence-corrected chi connectivity index (χ1v) is 11.5. The van der Waals surface area contributed by atoms with Gasteiger partial charge in [0.05, 0.1) is 18.9 Å². The topological polar surface area (TPSA) is 158 Å². The number of anilines is 4. The van der Waals surface area contributed by atoms with Crippen molar-refractivity contribution in [3.63, 3.8) is 0 Å². The fraction of sp³-hybridized carbons (Fsp3) is 0.273. The number of primary amides is 1. The SMILES string of the molecule is NC(=O)c1nc(Nc2ccnc(F)c2)sc1NC(=O)c1ccc(OCCN2CCOCC2)c(N)c1. The fourth-order valence-electron chi connectivity index (χ4n) is 3.33. The molecule has 13 heteroatoms. The maximum absolute atomic E-state index is 13.3. The first kappa shape index (κ1) is 24.3. The van der Waals surface area contributed by atoms with Crippen LogP contribution in [0, 0.1) is 5.95 Å². The van der Waals surface area contributed by atoms with E-state index in [1.54, 1.807) is 12.1 Å². The smallest absolute Gasteiger partial charge is 0.270 e. The third-order valence-electron chi connectivity index (χ3n) is 5.11. The number of aromatic nitrogens is 2. The molecule has 184 valence electrons. The third kappa shape index (κ3) is 6.41. The van der Waals surface area contributed by atoms with Crippen molar-refractivity contribution in [2.24, 2.45) is 5.73 Å². The van der Waals surface area contributed by atoms with Crippen LogP contribution in [-0.4, -0.2) is 66.1 Å². The van der Waals surface area contributed by atoms with E-state index in [0.717, 1.165) is 37.0 Å². The minimum Gasteiger partial charge on any atom is -0.490 e. The van der Waals surface area contributed by atoms with Crippen molar-refractivity contribution in [3.05, 3.63) is 53.7 Å². The van der Waals surface area contributed by atoms with Crippen LogP contribution in [0.1, 0.15) is 20.8 Å². The molecule has 0 unspecified atom stereocenters. The van der Waals surface area contributed by atoms with Crippen molar-refractivity contribution in [3.8, 4) is 5.75 Å². The van der Waals surface area contributed by atoms with Crippen LogP contribution in [0.4, 0.5) is 25.9 Å². The van der Waals surface area contributed by atoms with Gasteiger partial charge in [0.15, 0.2) is 10.8 Å². The molecule has 3 aromatic rings. The maximum atomic E-state index is 13.3. The van der Waals surface area contributed by atoms with E-state index >= 15 is 0 Å². The summed E-state index contributed by atoms with van der Waals surface area (Å²) in [5.74, 6) is -1.54. The number of hydrogen-bond acceptors (Lipinski definition) is 10. The lowest BCUT2D eigenvalue weighted by Gasteiger charge is -2.26. The van der Waals surface area contributed by atoms with Crippen LogP contribution in [-0.2, 0) is 4.74 Å². The van der Waals surface area contributed by atoms with E-state index in [0.29, 0.717) is 36.9 Å².